The van der Waals surface area contributed by atoms with E-state index in [0.29, 0.717) is 11.5 Å². The topological polar surface area (TPSA) is 75.4 Å². The Hall–Kier alpha value is -2.15. The summed E-state index contributed by atoms with van der Waals surface area (Å²) in [5.74, 6) is 0.332. The van der Waals surface area contributed by atoms with E-state index in [1.165, 1.54) is 0 Å². The van der Waals surface area contributed by atoms with Crippen LogP contribution in [-0.4, -0.2) is 22.0 Å². The van der Waals surface area contributed by atoms with Crippen LogP contribution in [0.25, 0.3) is 0 Å². The smallest absolute Gasteiger partial charge is 0.325 e. The summed E-state index contributed by atoms with van der Waals surface area (Å²) < 4.78 is 5.88. The van der Waals surface area contributed by atoms with Gasteiger partial charge in [-0.05, 0) is 31.5 Å². The Bertz CT molecular complexity index is 741. The van der Waals surface area contributed by atoms with Crippen LogP contribution in [0.5, 0.6) is 0 Å². The number of nitrogens with zero attached hydrogens (tertiary/aromatic N) is 2. The van der Waals surface area contributed by atoms with Crippen molar-refractivity contribution in [1.29, 1.82) is 0 Å². The van der Waals surface area contributed by atoms with E-state index in [9.17, 15) is 9.59 Å². The van der Waals surface area contributed by atoms with E-state index in [0.717, 1.165) is 14.9 Å². The molecule has 2 heterocycles. The molecular formula is C15H14BrN3O3. The number of carbonyl (C=O) groups is 2. The molecule has 1 aliphatic heterocycles. The van der Waals surface area contributed by atoms with E-state index < -0.39 is 11.6 Å². The van der Waals surface area contributed by atoms with Gasteiger partial charge < -0.3 is 9.84 Å². The molecule has 0 saturated carbocycles. The molecule has 1 atom stereocenters. The molecule has 0 radical (unpaired) electrons. The van der Waals surface area contributed by atoms with E-state index in [1.54, 1.807) is 19.9 Å². The molecule has 0 aliphatic carbocycles. The first kappa shape index (κ1) is 14.8. The minimum absolute atomic E-state index is 0.0914. The summed E-state index contributed by atoms with van der Waals surface area (Å²) in [5, 5.41) is 6.58. The van der Waals surface area contributed by atoms with E-state index in [1.807, 2.05) is 24.3 Å². The summed E-state index contributed by atoms with van der Waals surface area (Å²) in [5.41, 5.74) is 0.199. The van der Waals surface area contributed by atoms with Crippen molar-refractivity contribution in [3.05, 3.63) is 51.8 Å². The molecule has 1 aromatic carbocycles. The number of amides is 3. The zero-order valence-corrected chi connectivity index (χ0v) is 13.7. The standard InChI is InChI=1S/C15H14BrN3O3/c1-9-7-12(18-22-9)8-19-13(20)15(2,17-14(19)21)10-3-5-11(16)6-4-10/h3-7H,8H2,1-2H3,(H,17,21)/t15-/m0/s1. The number of urea groups is 1. The summed E-state index contributed by atoms with van der Waals surface area (Å²) >= 11 is 3.36. The predicted octanol–water partition coefficient (Wildman–Crippen LogP) is 2.71. The second-order valence-electron chi connectivity index (χ2n) is 5.38. The second kappa shape index (κ2) is 5.24. The molecule has 0 bridgehead atoms. The number of carbonyl (C=O) groups excluding carboxylic acids is 2. The molecule has 2 aromatic rings. The largest absolute Gasteiger partial charge is 0.361 e. The first-order valence-electron chi connectivity index (χ1n) is 6.72. The van der Waals surface area contributed by atoms with Gasteiger partial charge in [0.2, 0.25) is 0 Å². The number of nitrogens with one attached hydrogen (secondary N) is 1. The van der Waals surface area contributed by atoms with Crippen LogP contribution in [0.15, 0.2) is 39.3 Å². The quantitative estimate of drug-likeness (QED) is 0.850. The third-order valence-electron chi connectivity index (χ3n) is 3.69. The molecule has 3 amide bonds. The fourth-order valence-corrected chi connectivity index (χ4v) is 2.74. The highest BCUT2D eigenvalue weighted by Crippen LogP contribution is 2.30. The number of rotatable bonds is 3. The van der Waals surface area contributed by atoms with Crippen LogP contribution < -0.4 is 5.32 Å². The molecule has 0 spiro atoms. The molecule has 0 unspecified atom stereocenters. The summed E-state index contributed by atoms with van der Waals surface area (Å²) in [7, 11) is 0. The molecule has 7 heteroatoms. The maximum Gasteiger partial charge on any atom is 0.325 e. The predicted molar refractivity (Wildman–Crippen MR) is 81.8 cm³/mol. The van der Waals surface area contributed by atoms with Crippen LogP contribution in [0.4, 0.5) is 4.79 Å². The Kier molecular flexibility index (Phi) is 3.52. The van der Waals surface area contributed by atoms with Crippen LogP contribution in [0.2, 0.25) is 0 Å². The van der Waals surface area contributed by atoms with E-state index >= 15 is 0 Å². The molecule has 1 fully saturated rings. The number of hydrogen-bond acceptors (Lipinski definition) is 4. The van der Waals surface area contributed by atoms with Crippen molar-refractivity contribution in [2.24, 2.45) is 0 Å². The van der Waals surface area contributed by atoms with Crippen LogP contribution >= 0.6 is 15.9 Å². The normalized spacial score (nSPS) is 21.3. The molecular weight excluding hydrogens is 350 g/mol. The van der Waals surface area contributed by atoms with Gasteiger partial charge in [0.05, 0.1) is 6.54 Å². The Morgan fingerprint density at radius 3 is 2.59 bits per heavy atom. The Labute approximate surface area is 135 Å². The molecule has 6 nitrogen and oxygen atoms in total. The average molecular weight is 364 g/mol. The summed E-state index contributed by atoms with van der Waals surface area (Å²) in [6, 6.07) is 8.57. The van der Waals surface area contributed by atoms with Crippen molar-refractivity contribution in [3.8, 4) is 0 Å². The fourth-order valence-electron chi connectivity index (χ4n) is 2.47. The minimum Gasteiger partial charge on any atom is -0.361 e. The van der Waals surface area contributed by atoms with E-state index in [2.05, 4.69) is 26.4 Å². The van der Waals surface area contributed by atoms with Gasteiger partial charge in [0.1, 0.15) is 17.0 Å². The first-order valence-corrected chi connectivity index (χ1v) is 7.52. The van der Waals surface area contributed by atoms with Crippen LogP contribution in [0.3, 0.4) is 0 Å². The van der Waals surface area contributed by atoms with Crippen molar-refractivity contribution in [3.63, 3.8) is 0 Å². The monoisotopic (exact) mass is 363 g/mol. The number of imide groups is 1. The highest BCUT2D eigenvalue weighted by atomic mass is 79.9. The van der Waals surface area contributed by atoms with Gasteiger partial charge in [0, 0.05) is 10.5 Å². The maximum atomic E-state index is 12.7. The highest BCUT2D eigenvalue weighted by Gasteiger charge is 2.49. The van der Waals surface area contributed by atoms with E-state index in [-0.39, 0.29) is 12.5 Å². The number of benzene rings is 1. The maximum absolute atomic E-state index is 12.7. The lowest BCUT2D eigenvalue weighted by atomic mass is 9.92. The van der Waals surface area contributed by atoms with Gasteiger partial charge >= 0.3 is 6.03 Å². The first-order chi connectivity index (χ1) is 10.4. The lowest BCUT2D eigenvalue weighted by molar-refractivity contribution is -0.131. The molecule has 1 saturated heterocycles. The van der Waals surface area contributed by atoms with Crippen molar-refractivity contribution in [2.45, 2.75) is 25.9 Å². The number of aryl methyl sites for hydroxylation is 1. The Morgan fingerprint density at radius 1 is 1.32 bits per heavy atom. The van der Waals surface area contributed by atoms with Crippen LogP contribution in [-0.2, 0) is 16.9 Å². The highest BCUT2D eigenvalue weighted by molar-refractivity contribution is 9.10. The van der Waals surface area contributed by atoms with Crippen molar-refractivity contribution in [2.75, 3.05) is 0 Å². The van der Waals surface area contributed by atoms with Gasteiger partial charge in [0.25, 0.3) is 5.91 Å². The number of aromatic nitrogens is 1. The van der Waals surface area contributed by atoms with Gasteiger partial charge in [-0.2, -0.15) is 0 Å². The fraction of sp³-hybridized carbons (Fsp3) is 0.267. The minimum atomic E-state index is -1.07. The Balaban J connectivity index is 1.88. The van der Waals surface area contributed by atoms with Crippen LogP contribution in [0.1, 0.15) is 23.9 Å². The molecule has 1 aliphatic rings. The van der Waals surface area contributed by atoms with Gasteiger partial charge in [-0.15, -0.1) is 0 Å². The van der Waals surface area contributed by atoms with Crippen molar-refractivity contribution < 1.29 is 14.1 Å². The summed E-state index contributed by atoms with van der Waals surface area (Å²) in [6.07, 6.45) is 0. The lowest BCUT2D eigenvalue weighted by Crippen LogP contribution is -2.40. The van der Waals surface area contributed by atoms with Crippen LogP contribution in [0, 0.1) is 6.92 Å². The van der Waals surface area contributed by atoms with Gasteiger partial charge in [-0.1, -0.05) is 33.2 Å². The van der Waals surface area contributed by atoms with Crippen molar-refractivity contribution in [1.82, 2.24) is 15.4 Å². The average Bonchev–Trinajstić information content (AvgIpc) is 2.97. The molecule has 1 N–H and O–H groups in total. The molecule has 22 heavy (non-hydrogen) atoms. The number of hydrogen-bond donors (Lipinski definition) is 1. The van der Waals surface area contributed by atoms with Gasteiger partial charge in [0.15, 0.2) is 0 Å². The summed E-state index contributed by atoms with van der Waals surface area (Å²) in [6.45, 7) is 3.55. The third-order valence-corrected chi connectivity index (χ3v) is 4.22. The van der Waals surface area contributed by atoms with Gasteiger partial charge in [-0.3, -0.25) is 9.69 Å². The van der Waals surface area contributed by atoms with Gasteiger partial charge in [-0.25, -0.2) is 4.79 Å². The second-order valence-corrected chi connectivity index (χ2v) is 6.30. The van der Waals surface area contributed by atoms with E-state index in [4.69, 9.17) is 4.52 Å². The molecule has 3 rings (SSSR count). The molecule has 114 valence electrons. The zero-order chi connectivity index (χ0) is 15.9. The SMILES string of the molecule is Cc1cc(CN2C(=O)N[C@@](C)(c3ccc(Br)cc3)C2=O)no1. The lowest BCUT2D eigenvalue weighted by Gasteiger charge is -2.22. The summed E-state index contributed by atoms with van der Waals surface area (Å²) in [4.78, 5) is 26.0. The third kappa shape index (κ3) is 2.41. The Morgan fingerprint density at radius 2 is 2.00 bits per heavy atom. The van der Waals surface area contributed by atoms with Crippen molar-refractivity contribution >= 4 is 27.9 Å². The number of halogens is 1. The molecule has 1 aromatic heterocycles. The zero-order valence-electron chi connectivity index (χ0n) is 12.1.